The highest BCUT2D eigenvalue weighted by atomic mass is 16.5. The lowest BCUT2D eigenvalue weighted by atomic mass is 9.97. The fourth-order valence-electron chi connectivity index (χ4n) is 3.13. The Morgan fingerprint density at radius 2 is 2.15 bits per heavy atom. The summed E-state index contributed by atoms with van der Waals surface area (Å²) in [5.74, 6) is 1.63. The number of hydrogen-bond donors (Lipinski definition) is 0. The minimum atomic E-state index is 0.728. The van der Waals surface area contributed by atoms with Gasteiger partial charge in [0.15, 0.2) is 0 Å². The fraction of sp³-hybridized carbons (Fsp3) is 0.733. The third kappa shape index (κ3) is 3.46. The number of ether oxygens (including phenoxy) is 1. The summed E-state index contributed by atoms with van der Waals surface area (Å²) in [4.78, 5) is 13.9. The number of nitrogens with zero attached hydrogens (tertiary/aromatic N) is 4. The van der Waals surface area contributed by atoms with E-state index in [1.807, 2.05) is 19.2 Å². The van der Waals surface area contributed by atoms with E-state index < -0.39 is 0 Å². The molecule has 1 unspecified atom stereocenters. The van der Waals surface area contributed by atoms with Crippen molar-refractivity contribution in [3.63, 3.8) is 0 Å². The summed E-state index contributed by atoms with van der Waals surface area (Å²) in [6.07, 6.45) is 4.43. The van der Waals surface area contributed by atoms with Crippen LogP contribution >= 0.6 is 0 Å². The van der Waals surface area contributed by atoms with Crippen molar-refractivity contribution in [2.45, 2.75) is 19.8 Å². The van der Waals surface area contributed by atoms with Crippen molar-refractivity contribution < 1.29 is 4.74 Å². The average molecular weight is 276 g/mol. The van der Waals surface area contributed by atoms with E-state index >= 15 is 0 Å². The van der Waals surface area contributed by atoms with Gasteiger partial charge in [-0.15, -0.1) is 0 Å². The van der Waals surface area contributed by atoms with E-state index in [2.05, 4.69) is 19.8 Å². The highest BCUT2D eigenvalue weighted by Gasteiger charge is 2.24. The zero-order valence-corrected chi connectivity index (χ0v) is 12.3. The molecule has 1 aromatic rings. The van der Waals surface area contributed by atoms with Gasteiger partial charge in [0.2, 0.25) is 5.95 Å². The molecule has 2 aliphatic rings. The van der Waals surface area contributed by atoms with Crippen LogP contribution < -0.4 is 4.90 Å². The maximum absolute atomic E-state index is 5.42. The van der Waals surface area contributed by atoms with Crippen LogP contribution in [-0.4, -0.2) is 60.8 Å². The van der Waals surface area contributed by atoms with Gasteiger partial charge in [-0.2, -0.15) is 0 Å². The van der Waals surface area contributed by atoms with Crippen LogP contribution in [0.3, 0.4) is 0 Å². The lowest BCUT2D eigenvalue weighted by Crippen LogP contribution is -2.45. The van der Waals surface area contributed by atoms with Crippen LogP contribution in [0.15, 0.2) is 12.3 Å². The van der Waals surface area contributed by atoms with Gasteiger partial charge >= 0.3 is 0 Å². The van der Waals surface area contributed by atoms with Crippen molar-refractivity contribution in [1.82, 2.24) is 14.9 Å². The molecule has 0 radical (unpaired) electrons. The minimum Gasteiger partial charge on any atom is -0.379 e. The normalized spacial score (nSPS) is 24.9. The van der Waals surface area contributed by atoms with Crippen molar-refractivity contribution in [2.24, 2.45) is 5.92 Å². The molecule has 0 amide bonds. The minimum absolute atomic E-state index is 0.728. The first-order chi connectivity index (χ1) is 9.81. The predicted molar refractivity (Wildman–Crippen MR) is 79.0 cm³/mol. The van der Waals surface area contributed by atoms with E-state index in [4.69, 9.17) is 4.74 Å². The van der Waals surface area contributed by atoms with E-state index in [9.17, 15) is 0 Å². The Balaban J connectivity index is 1.58. The molecule has 1 atom stereocenters. The molecule has 0 spiro atoms. The Bertz CT molecular complexity index is 434. The summed E-state index contributed by atoms with van der Waals surface area (Å²) in [6.45, 7) is 9.32. The zero-order valence-electron chi connectivity index (χ0n) is 12.3. The van der Waals surface area contributed by atoms with Crippen molar-refractivity contribution in [1.29, 1.82) is 0 Å². The van der Waals surface area contributed by atoms with Crippen LogP contribution in [-0.2, 0) is 4.74 Å². The standard InChI is InChI=1S/C15H24N4O/c1-13-4-5-16-15(17-13)19-6-2-3-14(12-19)11-18-7-9-20-10-8-18/h4-5,14H,2-3,6-12H2,1H3. The maximum atomic E-state index is 5.42. The third-order valence-electron chi connectivity index (χ3n) is 4.20. The third-order valence-corrected chi connectivity index (χ3v) is 4.20. The lowest BCUT2D eigenvalue weighted by Gasteiger charge is -2.36. The van der Waals surface area contributed by atoms with E-state index in [0.717, 1.165) is 57.0 Å². The first kappa shape index (κ1) is 13.8. The molecule has 20 heavy (non-hydrogen) atoms. The highest BCUT2D eigenvalue weighted by Crippen LogP contribution is 2.21. The van der Waals surface area contributed by atoms with Gasteiger partial charge in [-0.05, 0) is 31.7 Å². The topological polar surface area (TPSA) is 41.5 Å². The number of aromatic nitrogens is 2. The summed E-state index contributed by atoms with van der Waals surface area (Å²) in [7, 11) is 0. The first-order valence-electron chi connectivity index (χ1n) is 7.66. The second-order valence-electron chi connectivity index (χ2n) is 5.87. The molecule has 110 valence electrons. The van der Waals surface area contributed by atoms with Crippen LogP contribution in [0.1, 0.15) is 18.5 Å². The number of anilines is 1. The van der Waals surface area contributed by atoms with Gasteiger partial charge in [0, 0.05) is 44.6 Å². The highest BCUT2D eigenvalue weighted by molar-refractivity contribution is 5.30. The maximum Gasteiger partial charge on any atom is 0.225 e. The monoisotopic (exact) mass is 276 g/mol. The molecule has 0 saturated carbocycles. The van der Waals surface area contributed by atoms with Crippen molar-refractivity contribution in [2.75, 3.05) is 50.8 Å². The molecular formula is C15H24N4O. The van der Waals surface area contributed by atoms with E-state index in [1.165, 1.54) is 19.4 Å². The smallest absolute Gasteiger partial charge is 0.225 e. The van der Waals surface area contributed by atoms with Crippen molar-refractivity contribution >= 4 is 5.95 Å². The second-order valence-corrected chi connectivity index (χ2v) is 5.87. The molecule has 2 fully saturated rings. The van der Waals surface area contributed by atoms with Gasteiger partial charge in [0.05, 0.1) is 13.2 Å². The Morgan fingerprint density at radius 1 is 1.30 bits per heavy atom. The van der Waals surface area contributed by atoms with Gasteiger partial charge in [-0.3, -0.25) is 4.90 Å². The summed E-state index contributed by atoms with van der Waals surface area (Å²) in [5.41, 5.74) is 1.05. The largest absolute Gasteiger partial charge is 0.379 e. The van der Waals surface area contributed by atoms with Gasteiger partial charge < -0.3 is 9.64 Å². The molecule has 5 nitrogen and oxygen atoms in total. The summed E-state index contributed by atoms with van der Waals surface area (Å²) in [6, 6.07) is 1.96. The predicted octanol–water partition coefficient (Wildman–Crippen LogP) is 1.33. The van der Waals surface area contributed by atoms with E-state index in [0.29, 0.717) is 0 Å². The quantitative estimate of drug-likeness (QED) is 0.833. The molecule has 0 aliphatic carbocycles. The van der Waals surface area contributed by atoms with Gasteiger partial charge in [0.25, 0.3) is 0 Å². The number of morpholine rings is 1. The summed E-state index contributed by atoms with van der Waals surface area (Å²) in [5, 5.41) is 0. The zero-order chi connectivity index (χ0) is 13.8. The summed E-state index contributed by atoms with van der Waals surface area (Å²) >= 11 is 0. The number of rotatable bonds is 3. The Kier molecular flexibility index (Phi) is 4.47. The lowest BCUT2D eigenvalue weighted by molar-refractivity contribution is 0.0296. The molecule has 0 aromatic carbocycles. The number of hydrogen-bond acceptors (Lipinski definition) is 5. The molecule has 3 heterocycles. The van der Waals surface area contributed by atoms with Gasteiger partial charge in [-0.25, -0.2) is 9.97 Å². The first-order valence-corrected chi connectivity index (χ1v) is 7.66. The van der Waals surface area contributed by atoms with E-state index in [1.54, 1.807) is 0 Å². The molecule has 5 heteroatoms. The van der Waals surface area contributed by atoms with Crippen molar-refractivity contribution in [3.8, 4) is 0 Å². The van der Waals surface area contributed by atoms with E-state index in [-0.39, 0.29) is 0 Å². The molecule has 0 bridgehead atoms. The Hall–Kier alpha value is -1.20. The van der Waals surface area contributed by atoms with Crippen LogP contribution in [0, 0.1) is 12.8 Å². The second kappa shape index (κ2) is 6.50. The average Bonchev–Trinajstić information content (AvgIpc) is 2.49. The molecular weight excluding hydrogens is 252 g/mol. The van der Waals surface area contributed by atoms with Crippen molar-refractivity contribution in [3.05, 3.63) is 18.0 Å². The SMILES string of the molecule is Cc1ccnc(N2CCCC(CN3CCOCC3)C2)n1. The molecule has 1 aromatic heterocycles. The molecule has 3 rings (SSSR count). The molecule has 0 N–H and O–H groups in total. The fourth-order valence-corrected chi connectivity index (χ4v) is 3.13. The van der Waals surface area contributed by atoms with Gasteiger partial charge in [0.1, 0.15) is 0 Å². The van der Waals surface area contributed by atoms with Crippen LogP contribution in [0.5, 0.6) is 0 Å². The molecule has 2 saturated heterocycles. The number of piperidine rings is 1. The Morgan fingerprint density at radius 3 is 2.95 bits per heavy atom. The van der Waals surface area contributed by atoms with Crippen LogP contribution in [0.4, 0.5) is 5.95 Å². The molecule has 2 aliphatic heterocycles. The van der Waals surface area contributed by atoms with Gasteiger partial charge in [-0.1, -0.05) is 0 Å². The Labute approximate surface area is 121 Å². The van der Waals surface area contributed by atoms with Crippen LogP contribution in [0.25, 0.3) is 0 Å². The number of aryl methyl sites for hydroxylation is 1. The van der Waals surface area contributed by atoms with Crippen LogP contribution in [0.2, 0.25) is 0 Å². The summed E-state index contributed by atoms with van der Waals surface area (Å²) < 4.78 is 5.42.